The van der Waals surface area contributed by atoms with Crippen molar-refractivity contribution in [3.05, 3.63) is 58.5 Å². The van der Waals surface area contributed by atoms with Crippen molar-refractivity contribution in [1.82, 2.24) is 10.2 Å². The van der Waals surface area contributed by atoms with Gasteiger partial charge in [0.05, 0.1) is 18.8 Å². The maximum Gasteiger partial charge on any atom is 0.231 e. The van der Waals surface area contributed by atoms with Crippen LogP contribution in [0.25, 0.3) is 0 Å². The Hall–Kier alpha value is -1.63. The summed E-state index contributed by atoms with van der Waals surface area (Å²) in [4.78, 5) is 13.2. The predicted octanol–water partition coefficient (Wildman–Crippen LogP) is 2.67. The summed E-state index contributed by atoms with van der Waals surface area (Å²) in [6, 6.07) is 12.6. The molecule has 0 aliphatic carbocycles. The Kier molecular flexibility index (Phi) is 5.71. The predicted molar refractivity (Wildman–Crippen MR) is 96.5 cm³/mol. The van der Waals surface area contributed by atoms with Gasteiger partial charge in [-0.2, -0.15) is 0 Å². The summed E-state index contributed by atoms with van der Waals surface area (Å²) in [6.07, 6.45) is 3.68. The number of furan rings is 1. The van der Waals surface area contributed by atoms with Crippen LogP contribution in [0.3, 0.4) is 0 Å². The lowest BCUT2D eigenvalue weighted by Crippen LogP contribution is -2.46. The average molecular weight is 392 g/mol. The van der Waals surface area contributed by atoms with Crippen LogP contribution in [-0.4, -0.2) is 36.5 Å². The second-order valence-electron chi connectivity index (χ2n) is 6.18. The topological polar surface area (TPSA) is 71.5 Å². The highest BCUT2D eigenvalue weighted by Gasteiger charge is 2.25. The lowest BCUT2D eigenvalue weighted by atomic mass is 9.99. The highest BCUT2D eigenvalue weighted by Crippen LogP contribution is 2.26. The first-order chi connectivity index (χ1) is 11.6. The summed E-state index contributed by atoms with van der Waals surface area (Å²) in [5.41, 5.74) is 6.45. The van der Waals surface area contributed by atoms with Gasteiger partial charge in [0, 0.05) is 23.6 Å². The molecule has 3 N–H and O–H groups in total. The molecule has 0 saturated carbocycles. The molecule has 0 spiro atoms. The number of halogens is 1. The molecule has 1 atom stereocenters. The number of benzene rings is 1. The number of carbonyl (C=O) groups is 1. The summed E-state index contributed by atoms with van der Waals surface area (Å²) in [7, 11) is 0. The van der Waals surface area contributed by atoms with Gasteiger partial charge in [0.2, 0.25) is 5.91 Å². The molecule has 0 radical (unpaired) electrons. The maximum absolute atomic E-state index is 11.0. The number of rotatable bonds is 6. The quantitative estimate of drug-likeness (QED) is 0.793. The molecule has 2 aromatic rings. The smallest absolute Gasteiger partial charge is 0.231 e. The van der Waals surface area contributed by atoms with Crippen LogP contribution < -0.4 is 11.1 Å². The third kappa shape index (κ3) is 4.47. The molecule has 1 aliphatic rings. The Bertz CT molecular complexity index is 649. The highest BCUT2D eigenvalue weighted by atomic mass is 79.9. The number of primary amides is 1. The molecule has 24 heavy (non-hydrogen) atoms. The zero-order valence-electron chi connectivity index (χ0n) is 13.5. The normalized spacial score (nSPS) is 17.7. The highest BCUT2D eigenvalue weighted by molar-refractivity contribution is 9.10. The van der Waals surface area contributed by atoms with E-state index >= 15 is 0 Å². The fourth-order valence-corrected chi connectivity index (χ4v) is 3.43. The molecule has 3 rings (SSSR count). The van der Waals surface area contributed by atoms with Gasteiger partial charge >= 0.3 is 0 Å². The van der Waals surface area contributed by atoms with Crippen molar-refractivity contribution in [2.75, 3.05) is 19.6 Å². The molecule has 2 heterocycles. The van der Waals surface area contributed by atoms with Gasteiger partial charge in [-0.25, -0.2) is 0 Å². The van der Waals surface area contributed by atoms with Crippen molar-refractivity contribution < 1.29 is 9.21 Å². The molecule has 1 aromatic heterocycles. The molecule has 1 aliphatic heterocycles. The fourth-order valence-electron chi connectivity index (χ4n) is 3.17. The van der Waals surface area contributed by atoms with Gasteiger partial charge in [0.1, 0.15) is 5.76 Å². The molecule has 6 heteroatoms. The van der Waals surface area contributed by atoms with Crippen LogP contribution in [0.1, 0.15) is 30.2 Å². The number of piperidine rings is 1. The molecule has 0 bridgehead atoms. The maximum atomic E-state index is 11.0. The number of likely N-dealkylation sites (tertiary alicyclic amines) is 1. The number of nitrogens with one attached hydrogen (secondary N) is 1. The first kappa shape index (κ1) is 17.2. The lowest BCUT2D eigenvalue weighted by molar-refractivity contribution is -0.119. The van der Waals surface area contributed by atoms with Crippen molar-refractivity contribution in [1.29, 1.82) is 0 Å². The number of amides is 1. The van der Waals surface area contributed by atoms with Gasteiger partial charge < -0.3 is 15.5 Å². The van der Waals surface area contributed by atoms with Gasteiger partial charge in [-0.1, -0.05) is 28.1 Å². The molecule has 1 fully saturated rings. The van der Waals surface area contributed by atoms with E-state index in [1.54, 1.807) is 6.26 Å². The van der Waals surface area contributed by atoms with E-state index in [-0.39, 0.29) is 11.9 Å². The van der Waals surface area contributed by atoms with Crippen LogP contribution in [0.5, 0.6) is 0 Å². The summed E-state index contributed by atoms with van der Waals surface area (Å²) in [5.74, 6) is 0.654. The Morgan fingerprint density at radius 3 is 2.58 bits per heavy atom. The molecule has 1 unspecified atom stereocenters. The van der Waals surface area contributed by atoms with Crippen LogP contribution in [0.2, 0.25) is 0 Å². The minimum absolute atomic E-state index is 0.0285. The van der Waals surface area contributed by atoms with E-state index in [0.717, 1.165) is 36.2 Å². The number of hydrogen-bond donors (Lipinski definition) is 2. The van der Waals surface area contributed by atoms with Crippen molar-refractivity contribution in [2.24, 2.45) is 5.73 Å². The van der Waals surface area contributed by atoms with Crippen molar-refractivity contribution >= 4 is 21.8 Å². The minimum atomic E-state index is -0.260. The van der Waals surface area contributed by atoms with E-state index in [9.17, 15) is 4.79 Å². The van der Waals surface area contributed by atoms with Gasteiger partial charge in [0.15, 0.2) is 0 Å². The average Bonchev–Trinajstić information content (AvgIpc) is 3.09. The zero-order valence-corrected chi connectivity index (χ0v) is 15.0. The molecule has 1 saturated heterocycles. The Labute approximate surface area is 150 Å². The second-order valence-corrected chi connectivity index (χ2v) is 7.10. The SMILES string of the molecule is NC(=O)CN1CCC(NC(c2ccc(Br)cc2)c2ccco2)CC1. The van der Waals surface area contributed by atoms with Gasteiger partial charge in [0.25, 0.3) is 0 Å². The third-order valence-corrected chi connectivity index (χ3v) is 4.93. The molecule has 1 amide bonds. The Morgan fingerprint density at radius 2 is 2.00 bits per heavy atom. The van der Waals surface area contributed by atoms with Crippen LogP contribution in [0.15, 0.2) is 51.6 Å². The van der Waals surface area contributed by atoms with Crippen molar-refractivity contribution in [3.8, 4) is 0 Å². The van der Waals surface area contributed by atoms with Gasteiger partial charge in [-0.15, -0.1) is 0 Å². The van der Waals surface area contributed by atoms with E-state index in [1.807, 2.05) is 24.3 Å². The summed E-state index contributed by atoms with van der Waals surface area (Å²) >= 11 is 3.48. The number of hydrogen-bond acceptors (Lipinski definition) is 4. The van der Waals surface area contributed by atoms with Gasteiger partial charge in [-0.05, 0) is 42.7 Å². The third-order valence-electron chi connectivity index (χ3n) is 4.40. The largest absolute Gasteiger partial charge is 0.467 e. The second kappa shape index (κ2) is 7.96. The van der Waals surface area contributed by atoms with Crippen LogP contribution in [-0.2, 0) is 4.79 Å². The monoisotopic (exact) mass is 391 g/mol. The molecule has 128 valence electrons. The van der Waals surface area contributed by atoms with Crippen molar-refractivity contribution in [3.63, 3.8) is 0 Å². The fraction of sp³-hybridized carbons (Fsp3) is 0.389. The van der Waals surface area contributed by atoms with Crippen molar-refractivity contribution in [2.45, 2.75) is 24.9 Å². The zero-order chi connectivity index (χ0) is 16.9. The number of nitrogens with two attached hydrogens (primary N) is 1. The van der Waals surface area contributed by atoms with E-state index in [4.69, 9.17) is 10.2 Å². The summed E-state index contributed by atoms with van der Waals surface area (Å²) in [5, 5.41) is 3.72. The Balaban J connectivity index is 1.67. The van der Waals surface area contributed by atoms with E-state index in [2.05, 4.69) is 38.3 Å². The van der Waals surface area contributed by atoms with E-state index in [0.29, 0.717) is 12.6 Å². The summed E-state index contributed by atoms with van der Waals surface area (Å²) in [6.45, 7) is 2.11. The molecular formula is C18H22BrN3O2. The first-order valence-corrected chi connectivity index (χ1v) is 8.96. The lowest BCUT2D eigenvalue weighted by Gasteiger charge is -2.33. The van der Waals surface area contributed by atoms with E-state index < -0.39 is 0 Å². The number of nitrogens with zero attached hydrogens (tertiary/aromatic N) is 1. The Morgan fingerprint density at radius 1 is 1.29 bits per heavy atom. The molecular weight excluding hydrogens is 370 g/mol. The van der Waals surface area contributed by atoms with Crippen LogP contribution >= 0.6 is 15.9 Å². The number of carbonyl (C=O) groups excluding carboxylic acids is 1. The van der Waals surface area contributed by atoms with Crippen LogP contribution in [0, 0.1) is 0 Å². The summed E-state index contributed by atoms with van der Waals surface area (Å²) < 4.78 is 6.71. The molecule has 1 aromatic carbocycles. The standard InChI is InChI=1S/C18H22BrN3O2/c19-14-5-3-13(4-6-14)18(16-2-1-11-24-16)21-15-7-9-22(10-8-15)12-17(20)23/h1-6,11,15,18,21H,7-10,12H2,(H2,20,23). The van der Waals surface area contributed by atoms with Gasteiger partial charge in [-0.3, -0.25) is 9.69 Å². The van der Waals surface area contributed by atoms with Crippen LogP contribution in [0.4, 0.5) is 0 Å². The van der Waals surface area contributed by atoms with E-state index in [1.165, 1.54) is 5.56 Å². The minimum Gasteiger partial charge on any atom is -0.467 e. The first-order valence-electron chi connectivity index (χ1n) is 8.17. The molecule has 5 nitrogen and oxygen atoms in total.